The Morgan fingerprint density at radius 2 is 1.93 bits per heavy atom. The van der Waals surface area contributed by atoms with Gasteiger partial charge in [0.25, 0.3) is 5.91 Å². The smallest absolute Gasteiger partial charge is 0.262 e. The van der Waals surface area contributed by atoms with Crippen LogP contribution in [0.5, 0.6) is 5.75 Å². The van der Waals surface area contributed by atoms with E-state index in [1.807, 2.05) is 0 Å². The van der Waals surface area contributed by atoms with Crippen LogP contribution in [0.1, 0.15) is 34.5 Å². The molecule has 0 saturated heterocycles. The summed E-state index contributed by atoms with van der Waals surface area (Å²) < 4.78 is 29.8. The molecule has 9 heteroatoms. The van der Waals surface area contributed by atoms with E-state index in [1.54, 1.807) is 0 Å². The van der Waals surface area contributed by atoms with Gasteiger partial charge in [-0.25, -0.2) is 8.78 Å². The number of hydrogen-bond acceptors (Lipinski definition) is 4. The highest BCUT2D eigenvalue weighted by molar-refractivity contribution is 6.30. The summed E-state index contributed by atoms with van der Waals surface area (Å²) in [6.07, 6.45) is 0. The normalized spacial score (nSPS) is 12.2. The Kier molecular flexibility index (Phi) is 5.59. The quantitative estimate of drug-likeness (QED) is 0.562. The van der Waals surface area contributed by atoms with Crippen molar-refractivity contribution < 1.29 is 28.6 Å². The van der Waals surface area contributed by atoms with Crippen LogP contribution in [-0.2, 0) is 4.79 Å². The first-order valence-corrected chi connectivity index (χ1v) is 8.97. The van der Waals surface area contributed by atoms with Gasteiger partial charge in [0.1, 0.15) is 12.5 Å². The number of hydrogen-bond donors (Lipinski definition) is 3. The molecule has 0 aliphatic rings. The number of phenolic OH excluding ortho intramolecular Hbond substituents is 1. The molecule has 0 spiro atoms. The number of rotatable bonds is 4. The van der Waals surface area contributed by atoms with Crippen LogP contribution in [0.2, 0.25) is 5.02 Å². The number of nitrogens with zero attached hydrogens (tertiary/aromatic N) is 1. The second-order valence-electron chi connectivity index (χ2n) is 6.48. The van der Waals surface area contributed by atoms with Crippen LogP contribution in [0.15, 0.2) is 30.3 Å². The molecule has 3 N–H and O–H groups in total. The highest BCUT2D eigenvalue weighted by atomic mass is 35.5. The second-order valence-corrected chi connectivity index (χ2v) is 6.89. The number of benzene rings is 2. The predicted octanol–water partition coefficient (Wildman–Crippen LogP) is 3.44. The molecule has 0 aliphatic carbocycles. The summed E-state index contributed by atoms with van der Waals surface area (Å²) in [6, 6.07) is 5.96. The molecule has 1 heterocycles. The van der Waals surface area contributed by atoms with Crippen molar-refractivity contribution in [2.45, 2.75) is 19.8 Å². The Bertz CT molecular complexity index is 1140. The summed E-state index contributed by atoms with van der Waals surface area (Å²) in [7, 11) is 0. The lowest BCUT2D eigenvalue weighted by Crippen LogP contribution is -2.29. The monoisotopic (exact) mass is 422 g/mol. The van der Waals surface area contributed by atoms with Crippen LogP contribution >= 0.6 is 11.6 Å². The number of phenols is 1. The molecule has 2 aromatic carbocycles. The number of halogens is 3. The highest BCUT2D eigenvalue weighted by Crippen LogP contribution is 2.37. The van der Waals surface area contributed by atoms with Gasteiger partial charge in [-0.15, -0.1) is 0 Å². The number of nitrogens with one attached hydrogen (secondary N) is 1. The van der Waals surface area contributed by atoms with Crippen LogP contribution in [-0.4, -0.2) is 33.3 Å². The lowest BCUT2D eigenvalue weighted by Gasteiger charge is -2.13. The molecule has 1 atom stereocenters. The fourth-order valence-electron chi connectivity index (χ4n) is 3.39. The number of aromatic nitrogens is 1. The van der Waals surface area contributed by atoms with Gasteiger partial charge in [0, 0.05) is 16.6 Å². The fraction of sp³-hybridized carbons (Fsp3) is 0.200. The first-order chi connectivity index (χ1) is 13.7. The molecule has 6 nitrogen and oxygen atoms in total. The van der Waals surface area contributed by atoms with Gasteiger partial charge >= 0.3 is 0 Å². The minimum Gasteiger partial charge on any atom is -0.505 e. The van der Waals surface area contributed by atoms with Crippen molar-refractivity contribution in [3.05, 3.63) is 63.8 Å². The van der Waals surface area contributed by atoms with Gasteiger partial charge < -0.3 is 15.5 Å². The number of aromatic hydroxyl groups is 1. The van der Waals surface area contributed by atoms with Crippen molar-refractivity contribution in [2.24, 2.45) is 0 Å². The molecule has 0 radical (unpaired) electrons. The molecular formula is C20H17ClF2N2O4. The fourth-order valence-corrected chi connectivity index (χ4v) is 3.51. The Balaban J connectivity index is 2.29. The lowest BCUT2D eigenvalue weighted by atomic mass is 9.96. The summed E-state index contributed by atoms with van der Waals surface area (Å²) in [4.78, 5) is 25.4. The molecule has 0 aliphatic heterocycles. The molecule has 3 aromatic rings. The Hall–Kier alpha value is -2.97. The summed E-state index contributed by atoms with van der Waals surface area (Å²) in [6.45, 7) is 2.38. The van der Waals surface area contributed by atoms with Crippen molar-refractivity contribution in [2.75, 3.05) is 6.73 Å². The van der Waals surface area contributed by atoms with E-state index in [0.717, 1.165) is 16.7 Å². The summed E-state index contributed by atoms with van der Waals surface area (Å²) in [5.41, 5.74) is 0.490. The van der Waals surface area contributed by atoms with Crippen molar-refractivity contribution in [1.29, 1.82) is 0 Å². The number of carbonyl (C=O) groups excluding carboxylic acids is 2. The molecule has 0 bridgehead atoms. The van der Waals surface area contributed by atoms with Gasteiger partial charge in [-0.3, -0.25) is 14.2 Å². The molecule has 0 saturated carbocycles. The molecule has 29 heavy (non-hydrogen) atoms. The van der Waals surface area contributed by atoms with E-state index >= 15 is 0 Å². The van der Waals surface area contributed by atoms with E-state index < -0.39 is 41.8 Å². The number of amides is 1. The minimum absolute atomic E-state index is 0.0283. The molecule has 0 unspecified atom stereocenters. The first kappa shape index (κ1) is 20.8. The topological polar surface area (TPSA) is 91.6 Å². The lowest BCUT2D eigenvalue weighted by molar-refractivity contribution is -0.123. The largest absolute Gasteiger partial charge is 0.505 e. The zero-order valence-corrected chi connectivity index (χ0v) is 16.2. The SMILES string of the molecule is Cc1c([C@H](C)C(=O)NCO)c2c(F)c(O)ccc2n1C(=O)c1ccc(Cl)c(F)c1. The van der Waals surface area contributed by atoms with E-state index in [4.69, 9.17) is 16.7 Å². The van der Waals surface area contributed by atoms with E-state index in [2.05, 4.69) is 5.32 Å². The summed E-state index contributed by atoms with van der Waals surface area (Å²) in [5, 5.41) is 20.7. The number of fused-ring (bicyclic) bond motifs is 1. The third kappa shape index (κ3) is 3.45. The number of aliphatic hydroxyl groups excluding tert-OH is 1. The van der Waals surface area contributed by atoms with E-state index in [9.17, 15) is 23.5 Å². The van der Waals surface area contributed by atoms with Gasteiger partial charge in [-0.1, -0.05) is 11.6 Å². The van der Waals surface area contributed by atoms with Gasteiger partial charge in [0.15, 0.2) is 11.6 Å². The van der Waals surface area contributed by atoms with E-state index in [-0.39, 0.29) is 32.7 Å². The zero-order chi connectivity index (χ0) is 21.5. The summed E-state index contributed by atoms with van der Waals surface area (Å²) in [5.74, 6) is -4.62. The van der Waals surface area contributed by atoms with Crippen LogP contribution < -0.4 is 5.32 Å². The third-order valence-electron chi connectivity index (χ3n) is 4.78. The molecule has 152 valence electrons. The highest BCUT2D eigenvalue weighted by Gasteiger charge is 2.29. The van der Waals surface area contributed by atoms with E-state index in [0.29, 0.717) is 0 Å². The molecule has 0 fully saturated rings. The Morgan fingerprint density at radius 3 is 2.55 bits per heavy atom. The van der Waals surface area contributed by atoms with E-state index in [1.165, 1.54) is 32.0 Å². The minimum atomic E-state index is -0.988. The Morgan fingerprint density at radius 1 is 1.24 bits per heavy atom. The van der Waals surface area contributed by atoms with Gasteiger partial charge in [0.05, 0.1) is 16.5 Å². The first-order valence-electron chi connectivity index (χ1n) is 8.59. The molecule has 3 rings (SSSR count). The maximum absolute atomic E-state index is 14.8. The number of aliphatic hydroxyl groups is 1. The van der Waals surface area contributed by atoms with Crippen molar-refractivity contribution in [3.8, 4) is 5.75 Å². The zero-order valence-electron chi connectivity index (χ0n) is 15.5. The molecule has 1 aromatic heterocycles. The summed E-state index contributed by atoms with van der Waals surface area (Å²) >= 11 is 5.67. The molecular weight excluding hydrogens is 406 g/mol. The van der Waals surface area contributed by atoms with Crippen molar-refractivity contribution in [1.82, 2.24) is 9.88 Å². The standard InChI is InChI=1S/C20H17ClF2N2O4/c1-9(19(28)24-8-26)16-10(2)25(14-5-6-15(27)18(23)17(14)16)20(29)11-3-4-12(21)13(22)7-11/h3-7,9,26-27H,8H2,1-2H3,(H,24,28)/t9-/m0/s1. The maximum atomic E-state index is 14.8. The predicted molar refractivity (Wildman–Crippen MR) is 103 cm³/mol. The third-order valence-corrected chi connectivity index (χ3v) is 5.09. The number of carbonyl (C=O) groups is 2. The average molecular weight is 423 g/mol. The van der Waals surface area contributed by atoms with Crippen LogP contribution in [0.25, 0.3) is 10.9 Å². The van der Waals surface area contributed by atoms with Crippen LogP contribution in [0.4, 0.5) is 8.78 Å². The maximum Gasteiger partial charge on any atom is 0.262 e. The molecule has 1 amide bonds. The second kappa shape index (κ2) is 7.81. The van der Waals surface area contributed by atoms with Gasteiger partial charge in [0.2, 0.25) is 5.91 Å². The van der Waals surface area contributed by atoms with Gasteiger partial charge in [-0.05, 0) is 49.7 Å². The van der Waals surface area contributed by atoms with Crippen LogP contribution in [0, 0.1) is 18.6 Å². The average Bonchev–Trinajstić information content (AvgIpc) is 2.98. The van der Waals surface area contributed by atoms with Crippen molar-refractivity contribution in [3.63, 3.8) is 0 Å². The van der Waals surface area contributed by atoms with Gasteiger partial charge in [-0.2, -0.15) is 0 Å². The van der Waals surface area contributed by atoms with Crippen molar-refractivity contribution >= 4 is 34.3 Å². The Labute approximate surface area is 169 Å². The van der Waals surface area contributed by atoms with Crippen LogP contribution in [0.3, 0.4) is 0 Å².